The maximum absolute atomic E-state index is 4.71. The molecule has 0 atom stereocenters. The molecule has 92 valence electrons. The summed E-state index contributed by atoms with van der Waals surface area (Å²) >= 11 is 0. The molecule has 0 spiro atoms. The first kappa shape index (κ1) is 12.1. The Morgan fingerprint density at radius 3 is 2.53 bits per heavy atom. The van der Waals surface area contributed by atoms with Gasteiger partial charge in [-0.2, -0.15) is 0 Å². The molecule has 2 aromatic rings. The number of hydrogen-bond donors (Lipinski definition) is 1. The van der Waals surface area contributed by atoms with Gasteiger partial charge >= 0.3 is 0 Å². The van der Waals surface area contributed by atoms with Crippen LogP contribution in [0.25, 0.3) is 11.0 Å². The minimum absolute atomic E-state index is 0.436. The van der Waals surface area contributed by atoms with E-state index in [9.17, 15) is 0 Å². The lowest BCUT2D eigenvalue weighted by Crippen LogP contribution is -2.24. The molecule has 1 heterocycles. The molecule has 17 heavy (non-hydrogen) atoms. The molecule has 1 N–H and O–H groups in total. The van der Waals surface area contributed by atoms with E-state index in [1.54, 1.807) is 0 Å². The van der Waals surface area contributed by atoms with Crippen molar-refractivity contribution in [1.82, 2.24) is 14.9 Å². The minimum atomic E-state index is 0.436. The van der Waals surface area contributed by atoms with Crippen LogP contribution in [0.3, 0.4) is 0 Å². The first-order valence-electron chi connectivity index (χ1n) is 6.29. The summed E-state index contributed by atoms with van der Waals surface area (Å²) < 4.78 is 2.31. The second kappa shape index (κ2) is 4.88. The van der Waals surface area contributed by atoms with Crippen molar-refractivity contribution in [2.24, 2.45) is 0 Å². The summed E-state index contributed by atoms with van der Waals surface area (Å²) in [6.07, 6.45) is 0. The van der Waals surface area contributed by atoms with Gasteiger partial charge in [-0.15, -0.1) is 0 Å². The molecule has 0 aliphatic rings. The topological polar surface area (TPSA) is 29.9 Å². The van der Waals surface area contributed by atoms with Crippen molar-refractivity contribution in [2.75, 3.05) is 0 Å². The van der Waals surface area contributed by atoms with Crippen LogP contribution >= 0.6 is 0 Å². The van der Waals surface area contributed by atoms with Gasteiger partial charge in [0.2, 0.25) is 0 Å². The second-order valence-corrected chi connectivity index (χ2v) is 5.02. The Kier molecular flexibility index (Phi) is 3.48. The van der Waals surface area contributed by atoms with Crippen LogP contribution in [0.5, 0.6) is 0 Å². The highest BCUT2D eigenvalue weighted by molar-refractivity contribution is 5.76. The van der Waals surface area contributed by atoms with Crippen molar-refractivity contribution in [2.45, 2.75) is 46.3 Å². The van der Waals surface area contributed by atoms with Gasteiger partial charge in [-0.1, -0.05) is 26.0 Å². The fraction of sp³-hybridized carbons (Fsp3) is 0.500. The van der Waals surface area contributed by atoms with Crippen LogP contribution in [-0.4, -0.2) is 15.6 Å². The Morgan fingerprint density at radius 2 is 1.88 bits per heavy atom. The molecule has 0 aliphatic heterocycles. The molecular weight excluding hydrogens is 210 g/mol. The van der Waals surface area contributed by atoms with Gasteiger partial charge in [0.15, 0.2) is 0 Å². The normalized spacial score (nSPS) is 11.9. The molecule has 3 heteroatoms. The second-order valence-electron chi connectivity index (χ2n) is 5.02. The van der Waals surface area contributed by atoms with Crippen molar-refractivity contribution in [1.29, 1.82) is 0 Å². The molecule has 0 saturated heterocycles. The maximum Gasteiger partial charge on any atom is 0.124 e. The Bertz CT molecular complexity index is 497. The predicted octanol–water partition coefficient (Wildman–Crippen LogP) is 3.12. The van der Waals surface area contributed by atoms with E-state index < -0.39 is 0 Å². The Hall–Kier alpha value is -1.35. The van der Waals surface area contributed by atoms with Gasteiger partial charge in [0.05, 0.1) is 17.6 Å². The fourth-order valence-corrected chi connectivity index (χ4v) is 2.09. The van der Waals surface area contributed by atoms with Gasteiger partial charge in [-0.05, 0) is 26.0 Å². The fourth-order valence-electron chi connectivity index (χ4n) is 2.09. The van der Waals surface area contributed by atoms with Crippen LogP contribution in [0, 0.1) is 0 Å². The van der Waals surface area contributed by atoms with Crippen LogP contribution in [0.15, 0.2) is 24.3 Å². The Morgan fingerprint density at radius 1 is 1.18 bits per heavy atom. The molecule has 0 bridgehead atoms. The monoisotopic (exact) mass is 231 g/mol. The molecule has 3 nitrogen and oxygen atoms in total. The lowest BCUT2D eigenvalue weighted by Gasteiger charge is -2.14. The van der Waals surface area contributed by atoms with E-state index >= 15 is 0 Å². The summed E-state index contributed by atoms with van der Waals surface area (Å²) in [5.41, 5.74) is 2.31. The summed E-state index contributed by atoms with van der Waals surface area (Å²) in [4.78, 5) is 4.71. The van der Waals surface area contributed by atoms with Crippen molar-refractivity contribution in [3.63, 3.8) is 0 Å². The van der Waals surface area contributed by atoms with Gasteiger partial charge in [0.25, 0.3) is 0 Å². The summed E-state index contributed by atoms with van der Waals surface area (Å²) in [6.45, 7) is 9.54. The number of hydrogen-bond acceptors (Lipinski definition) is 2. The average molecular weight is 231 g/mol. The van der Waals surface area contributed by atoms with Crippen molar-refractivity contribution < 1.29 is 0 Å². The molecule has 0 unspecified atom stereocenters. The molecule has 0 aliphatic carbocycles. The van der Waals surface area contributed by atoms with Crippen LogP contribution in [0.4, 0.5) is 0 Å². The Labute approximate surface area is 103 Å². The van der Waals surface area contributed by atoms with Crippen LogP contribution in [0.2, 0.25) is 0 Å². The van der Waals surface area contributed by atoms with E-state index in [-0.39, 0.29) is 0 Å². The van der Waals surface area contributed by atoms with Gasteiger partial charge in [0, 0.05) is 12.1 Å². The van der Waals surface area contributed by atoms with E-state index in [4.69, 9.17) is 4.98 Å². The van der Waals surface area contributed by atoms with Crippen LogP contribution in [-0.2, 0) is 6.54 Å². The third kappa shape index (κ3) is 2.50. The Balaban J connectivity index is 2.43. The smallest absolute Gasteiger partial charge is 0.124 e. The molecule has 1 aromatic carbocycles. The first-order chi connectivity index (χ1) is 8.09. The zero-order valence-corrected chi connectivity index (χ0v) is 11.1. The minimum Gasteiger partial charge on any atom is -0.324 e. The summed E-state index contributed by atoms with van der Waals surface area (Å²) in [7, 11) is 0. The van der Waals surface area contributed by atoms with Crippen molar-refractivity contribution >= 4 is 11.0 Å². The quantitative estimate of drug-likeness (QED) is 0.876. The molecule has 0 saturated carbocycles. The van der Waals surface area contributed by atoms with Gasteiger partial charge in [-0.3, -0.25) is 0 Å². The van der Waals surface area contributed by atoms with Crippen molar-refractivity contribution in [3.8, 4) is 0 Å². The predicted molar refractivity (Wildman–Crippen MR) is 72.1 cm³/mol. The summed E-state index contributed by atoms with van der Waals surface area (Å²) in [5.74, 6) is 1.12. The van der Waals surface area contributed by atoms with Gasteiger partial charge in [0.1, 0.15) is 5.82 Å². The SMILES string of the molecule is CC(C)NCc1nc2ccccc2n1C(C)C. The number of nitrogens with zero attached hydrogens (tertiary/aromatic N) is 2. The lowest BCUT2D eigenvalue weighted by atomic mass is 10.3. The van der Waals surface area contributed by atoms with E-state index in [1.807, 2.05) is 6.07 Å². The third-order valence-electron chi connectivity index (χ3n) is 2.85. The molecular formula is C14H21N3. The van der Waals surface area contributed by atoms with E-state index in [2.05, 4.69) is 55.8 Å². The van der Waals surface area contributed by atoms with Gasteiger partial charge < -0.3 is 9.88 Å². The molecule has 1 aromatic heterocycles. The van der Waals surface area contributed by atoms with Gasteiger partial charge in [-0.25, -0.2) is 4.98 Å². The zero-order valence-electron chi connectivity index (χ0n) is 11.1. The molecule has 2 rings (SSSR count). The number of imidazole rings is 1. The van der Waals surface area contributed by atoms with E-state index in [0.717, 1.165) is 17.9 Å². The number of fused-ring (bicyclic) bond motifs is 1. The highest BCUT2D eigenvalue weighted by Gasteiger charge is 2.12. The molecule has 0 radical (unpaired) electrons. The highest BCUT2D eigenvalue weighted by atomic mass is 15.1. The zero-order chi connectivity index (χ0) is 12.4. The highest BCUT2D eigenvalue weighted by Crippen LogP contribution is 2.20. The molecule has 0 fully saturated rings. The number of rotatable bonds is 4. The first-order valence-corrected chi connectivity index (χ1v) is 6.29. The van der Waals surface area contributed by atoms with Crippen LogP contribution in [0.1, 0.15) is 39.6 Å². The number of nitrogens with one attached hydrogen (secondary N) is 1. The molecule has 0 amide bonds. The standard InChI is InChI=1S/C14H21N3/c1-10(2)15-9-14-16-12-7-5-6-8-13(12)17(14)11(3)4/h5-8,10-11,15H,9H2,1-4H3. The lowest BCUT2D eigenvalue weighted by molar-refractivity contribution is 0.524. The maximum atomic E-state index is 4.71. The number of benzene rings is 1. The van der Waals surface area contributed by atoms with E-state index in [0.29, 0.717) is 12.1 Å². The van der Waals surface area contributed by atoms with E-state index in [1.165, 1.54) is 5.52 Å². The largest absolute Gasteiger partial charge is 0.324 e. The number of para-hydroxylation sites is 2. The summed E-state index contributed by atoms with van der Waals surface area (Å²) in [6, 6.07) is 9.25. The summed E-state index contributed by atoms with van der Waals surface area (Å²) in [5, 5.41) is 3.43. The third-order valence-corrected chi connectivity index (χ3v) is 2.85. The number of aromatic nitrogens is 2. The van der Waals surface area contributed by atoms with Crippen LogP contribution < -0.4 is 5.32 Å². The van der Waals surface area contributed by atoms with Crippen molar-refractivity contribution in [3.05, 3.63) is 30.1 Å². The average Bonchev–Trinajstić information content (AvgIpc) is 2.64.